The maximum Gasteiger partial charge on any atom is 0.192 e. The number of rotatable bonds is 14. The molecule has 0 saturated carbocycles. The number of aliphatic hydroxyl groups excluding tert-OH is 1. The van der Waals surface area contributed by atoms with Gasteiger partial charge in [-0.2, -0.15) is 0 Å². The topological polar surface area (TPSA) is 29.5 Å². The van der Waals surface area contributed by atoms with Crippen molar-refractivity contribution in [1.29, 1.82) is 0 Å². The Morgan fingerprint density at radius 1 is 0.826 bits per heavy atom. The first-order valence-electron chi connectivity index (χ1n) is 10.0. The predicted molar refractivity (Wildman–Crippen MR) is 106 cm³/mol. The predicted octanol–water partition coefficient (Wildman–Crippen LogP) is 6.68. The van der Waals surface area contributed by atoms with Crippen LogP contribution in [0.3, 0.4) is 0 Å². The standard InChI is InChI=1S/C20H44O2Si/c1-7-8-9-10-11-12-13-14-15-16-19(17-18-21)22-23(5,6)20(2,3)4/h19,21H,7-18H2,1-6H3/t19-/m0/s1. The molecule has 0 amide bonds. The van der Waals surface area contributed by atoms with E-state index in [-0.39, 0.29) is 17.7 Å². The van der Waals surface area contributed by atoms with Crippen molar-refractivity contribution in [2.75, 3.05) is 6.61 Å². The molecule has 0 aromatic rings. The van der Waals surface area contributed by atoms with Crippen molar-refractivity contribution in [1.82, 2.24) is 0 Å². The minimum Gasteiger partial charge on any atom is -0.414 e. The van der Waals surface area contributed by atoms with E-state index >= 15 is 0 Å². The molecule has 1 N–H and O–H groups in total. The third-order valence-corrected chi connectivity index (χ3v) is 9.88. The quantitative estimate of drug-likeness (QED) is 0.281. The van der Waals surface area contributed by atoms with E-state index in [1.807, 2.05) is 0 Å². The van der Waals surface area contributed by atoms with Crippen LogP contribution in [0, 0.1) is 0 Å². The third kappa shape index (κ3) is 11.3. The highest BCUT2D eigenvalue weighted by Crippen LogP contribution is 2.38. The summed E-state index contributed by atoms with van der Waals surface area (Å²) in [4.78, 5) is 0. The van der Waals surface area contributed by atoms with Crippen molar-refractivity contribution in [2.24, 2.45) is 0 Å². The molecule has 0 radical (unpaired) electrons. The Morgan fingerprint density at radius 2 is 1.30 bits per heavy atom. The largest absolute Gasteiger partial charge is 0.414 e. The van der Waals surface area contributed by atoms with Crippen LogP contribution in [0.25, 0.3) is 0 Å². The molecule has 0 bridgehead atoms. The second kappa shape index (κ2) is 12.5. The van der Waals surface area contributed by atoms with Gasteiger partial charge in [0.05, 0.1) is 0 Å². The monoisotopic (exact) mass is 344 g/mol. The van der Waals surface area contributed by atoms with E-state index in [2.05, 4.69) is 40.8 Å². The van der Waals surface area contributed by atoms with Crippen molar-refractivity contribution in [2.45, 2.75) is 123 Å². The van der Waals surface area contributed by atoms with Crippen LogP contribution in [-0.2, 0) is 4.43 Å². The molecular formula is C20H44O2Si. The summed E-state index contributed by atoms with van der Waals surface area (Å²) in [5, 5.41) is 9.56. The average Bonchev–Trinajstić information content (AvgIpc) is 2.44. The van der Waals surface area contributed by atoms with E-state index in [0.29, 0.717) is 0 Å². The van der Waals surface area contributed by atoms with Gasteiger partial charge in [-0.3, -0.25) is 0 Å². The number of hydrogen-bond donors (Lipinski definition) is 1. The van der Waals surface area contributed by atoms with Gasteiger partial charge in [0.15, 0.2) is 8.32 Å². The molecule has 0 rings (SSSR count). The minimum absolute atomic E-state index is 0.247. The average molecular weight is 345 g/mol. The lowest BCUT2D eigenvalue weighted by molar-refractivity contribution is 0.129. The zero-order valence-corrected chi connectivity index (χ0v) is 17.9. The summed E-state index contributed by atoms with van der Waals surface area (Å²) in [5.74, 6) is 0. The zero-order valence-electron chi connectivity index (χ0n) is 16.9. The fourth-order valence-corrected chi connectivity index (χ4v) is 4.10. The van der Waals surface area contributed by atoms with E-state index in [9.17, 15) is 5.11 Å². The molecule has 0 unspecified atom stereocenters. The molecule has 0 fully saturated rings. The van der Waals surface area contributed by atoms with Crippen molar-refractivity contribution in [3.63, 3.8) is 0 Å². The first-order chi connectivity index (χ1) is 10.7. The molecule has 23 heavy (non-hydrogen) atoms. The first kappa shape index (κ1) is 23.1. The molecule has 140 valence electrons. The summed E-state index contributed by atoms with van der Waals surface area (Å²) in [7, 11) is -1.71. The van der Waals surface area contributed by atoms with Gasteiger partial charge >= 0.3 is 0 Å². The fourth-order valence-electron chi connectivity index (χ4n) is 2.68. The molecule has 0 saturated heterocycles. The Hall–Kier alpha value is 0.137. The lowest BCUT2D eigenvalue weighted by Crippen LogP contribution is -2.44. The number of hydrogen-bond acceptors (Lipinski definition) is 2. The van der Waals surface area contributed by atoms with Crippen LogP contribution in [0.5, 0.6) is 0 Å². The minimum atomic E-state index is -1.71. The second-order valence-electron chi connectivity index (χ2n) is 8.63. The van der Waals surface area contributed by atoms with E-state index in [1.54, 1.807) is 0 Å². The van der Waals surface area contributed by atoms with Gasteiger partial charge in [-0.05, 0) is 31.0 Å². The molecule has 1 atom stereocenters. The van der Waals surface area contributed by atoms with Gasteiger partial charge in [0.2, 0.25) is 0 Å². The summed E-state index contributed by atoms with van der Waals surface area (Å²) >= 11 is 0. The summed E-state index contributed by atoms with van der Waals surface area (Å²) in [6, 6.07) is 0. The van der Waals surface area contributed by atoms with Crippen molar-refractivity contribution in [3.8, 4) is 0 Å². The van der Waals surface area contributed by atoms with Gasteiger partial charge in [-0.15, -0.1) is 0 Å². The molecule has 0 aliphatic carbocycles. The molecule has 0 spiro atoms. The zero-order chi connectivity index (χ0) is 17.8. The molecule has 0 aromatic carbocycles. The lowest BCUT2D eigenvalue weighted by Gasteiger charge is -2.39. The van der Waals surface area contributed by atoms with Crippen LogP contribution in [0.1, 0.15) is 98.3 Å². The van der Waals surface area contributed by atoms with Crippen LogP contribution in [0.15, 0.2) is 0 Å². The van der Waals surface area contributed by atoms with E-state index < -0.39 is 8.32 Å². The van der Waals surface area contributed by atoms with Crippen LogP contribution < -0.4 is 0 Å². The van der Waals surface area contributed by atoms with Crippen molar-refractivity contribution >= 4 is 8.32 Å². The molecule has 0 heterocycles. The molecule has 0 aliphatic rings. The molecule has 2 nitrogen and oxygen atoms in total. The van der Waals surface area contributed by atoms with Gasteiger partial charge < -0.3 is 9.53 Å². The Labute approximate surface area is 147 Å². The highest BCUT2D eigenvalue weighted by atomic mass is 28.4. The number of unbranched alkanes of at least 4 members (excludes halogenated alkanes) is 8. The Bertz CT molecular complexity index is 271. The van der Waals surface area contributed by atoms with Gasteiger partial charge in [-0.25, -0.2) is 0 Å². The van der Waals surface area contributed by atoms with Crippen LogP contribution in [0.4, 0.5) is 0 Å². The normalized spacial score (nSPS) is 14.2. The van der Waals surface area contributed by atoms with Crippen molar-refractivity contribution < 1.29 is 9.53 Å². The van der Waals surface area contributed by atoms with Gasteiger partial charge in [0, 0.05) is 12.7 Å². The van der Waals surface area contributed by atoms with Gasteiger partial charge in [0.25, 0.3) is 0 Å². The van der Waals surface area contributed by atoms with Gasteiger partial charge in [0.1, 0.15) is 0 Å². The van der Waals surface area contributed by atoms with E-state index in [1.165, 1.54) is 57.8 Å². The summed E-state index contributed by atoms with van der Waals surface area (Å²) in [5.41, 5.74) is 0. The summed E-state index contributed by atoms with van der Waals surface area (Å²) < 4.78 is 6.49. The maximum absolute atomic E-state index is 9.32. The smallest absolute Gasteiger partial charge is 0.192 e. The fraction of sp³-hybridized carbons (Fsp3) is 1.00. The second-order valence-corrected chi connectivity index (χ2v) is 13.4. The van der Waals surface area contributed by atoms with Crippen LogP contribution in [-0.4, -0.2) is 26.1 Å². The van der Waals surface area contributed by atoms with Gasteiger partial charge in [-0.1, -0.05) is 85.5 Å². The molecule has 0 aromatic heterocycles. The van der Waals surface area contributed by atoms with E-state index in [4.69, 9.17) is 4.43 Å². The molecule has 0 aliphatic heterocycles. The Balaban J connectivity index is 3.89. The SMILES string of the molecule is CCCCCCCCCCC[C@@H](CCO)O[Si](C)(C)C(C)(C)C. The van der Waals surface area contributed by atoms with Crippen LogP contribution in [0.2, 0.25) is 18.1 Å². The highest BCUT2D eigenvalue weighted by molar-refractivity contribution is 6.74. The van der Waals surface area contributed by atoms with Crippen LogP contribution >= 0.6 is 0 Å². The van der Waals surface area contributed by atoms with Crippen molar-refractivity contribution in [3.05, 3.63) is 0 Å². The third-order valence-electron chi connectivity index (χ3n) is 5.35. The maximum atomic E-state index is 9.32. The summed E-state index contributed by atoms with van der Waals surface area (Å²) in [6.45, 7) is 14.0. The Morgan fingerprint density at radius 3 is 1.74 bits per heavy atom. The Kier molecular flexibility index (Phi) is 12.6. The highest BCUT2D eigenvalue weighted by Gasteiger charge is 2.38. The van der Waals surface area contributed by atoms with E-state index in [0.717, 1.165) is 12.8 Å². The molecular weight excluding hydrogens is 300 g/mol. The summed E-state index contributed by atoms with van der Waals surface area (Å²) in [6.07, 6.45) is 14.4. The number of aliphatic hydroxyl groups is 1. The first-order valence-corrected chi connectivity index (χ1v) is 12.9. The lowest BCUT2D eigenvalue weighted by atomic mass is 10.0. The molecule has 3 heteroatoms.